The number of rotatable bonds is 2. The maximum absolute atomic E-state index is 11.8. The van der Waals surface area contributed by atoms with E-state index in [9.17, 15) is 4.79 Å². The second-order valence-corrected chi connectivity index (χ2v) is 4.00. The third-order valence-corrected chi connectivity index (χ3v) is 2.86. The molecule has 0 saturated carbocycles. The van der Waals surface area contributed by atoms with Crippen molar-refractivity contribution >= 4 is 29.1 Å². The predicted molar refractivity (Wildman–Crippen MR) is 67.6 cm³/mol. The maximum atomic E-state index is 11.8. The number of hydrogen-bond acceptors (Lipinski definition) is 4. The Morgan fingerprint density at radius 2 is 2.35 bits per heavy atom. The van der Waals surface area contributed by atoms with Gasteiger partial charge in [-0.1, -0.05) is 12.2 Å². The second kappa shape index (κ2) is 4.63. The Morgan fingerprint density at radius 1 is 1.59 bits per heavy atom. The number of aromatic nitrogens is 2. The number of carbonyl (C=O) groups excluding carboxylic acids is 1. The van der Waals surface area contributed by atoms with Crippen LogP contribution in [0.5, 0.6) is 0 Å². The Morgan fingerprint density at radius 3 is 3.06 bits per heavy atom. The van der Waals surface area contributed by atoms with Crippen molar-refractivity contribution in [1.29, 1.82) is 0 Å². The third-order valence-electron chi connectivity index (χ3n) is 2.55. The lowest BCUT2D eigenvalue weighted by Gasteiger charge is -2.08. The summed E-state index contributed by atoms with van der Waals surface area (Å²) in [6.07, 6.45) is 3.38. The van der Waals surface area contributed by atoms with Crippen LogP contribution in [0.4, 0.5) is 0 Å². The van der Waals surface area contributed by atoms with Gasteiger partial charge in [-0.25, -0.2) is 4.79 Å². The molecule has 0 radical (unpaired) electrons. The first-order valence-electron chi connectivity index (χ1n) is 5.29. The van der Waals surface area contributed by atoms with Gasteiger partial charge in [0, 0.05) is 23.3 Å². The van der Waals surface area contributed by atoms with E-state index in [1.54, 1.807) is 19.3 Å². The van der Waals surface area contributed by atoms with Gasteiger partial charge in [0.15, 0.2) is 0 Å². The topological polar surface area (TPSA) is 55.0 Å². The highest BCUT2D eigenvalue weighted by atomic mass is 32.1. The Balaban J connectivity index is 2.72. The quantitative estimate of drug-likeness (QED) is 0.656. The van der Waals surface area contributed by atoms with Gasteiger partial charge in [0.25, 0.3) is 0 Å². The molecule has 0 aromatic carbocycles. The van der Waals surface area contributed by atoms with Crippen LogP contribution in [0.1, 0.15) is 22.8 Å². The van der Waals surface area contributed by atoms with Gasteiger partial charge in [-0.2, -0.15) is 0 Å². The Kier molecular flexibility index (Phi) is 3.19. The molecular formula is C12H12N2O2S. The van der Waals surface area contributed by atoms with Crippen molar-refractivity contribution in [3.63, 3.8) is 0 Å². The molecule has 2 aromatic heterocycles. The fourth-order valence-electron chi connectivity index (χ4n) is 1.74. The van der Waals surface area contributed by atoms with Crippen molar-refractivity contribution in [3.8, 4) is 0 Å². The largest absolute Gasteiger partial charge is 0.462 e. The molecule has 5 heteroatoms. The summed E-state index contributed by atoms with van der Waals surface area (Å²) in [6.45, 7) is 3.95. The molecule has 0 aliphatic carbocycles. The number of esters is 1. The van der Waals surface area contributed by atoms with Crippen LogP contribution in [0.3, 0.4) is 0 Å². The molecule has 0 atom stereocenters. The summed E-state index contributed by atoms with van der Waals surface area (Å²) in [6, 6.07) is 1.83. The molecule has 0 saturated heterocycles. The van der Waals surface area contributed by atoms with E-state index in [1.165, 1.54) is 0 Å². The zero-order valence-electron chi connectivity index (χ0n) is 9.61. The summed E-state index contributed by atoms with van der Waals surface area (Å²) >= 11 is 5.18. The lowest BCUT2D eigenvalue weighted by atomic mass is 10.1. The van der Waals surface area contributed by atoms with Crippen LogP contribution in [0, 0.1) is 11.6 Å². The van der Waals surface area contributed by atoms with Gasteiger partial charge >= 0.3 is 5.97 Å². The Bertz CT molecular complexity index is 634. The second-order valence-electron chi connectivity index (χ2n) is 3.60. The number of aryl methyl sites for hydroxylation is 1. The number of nitrogens with one attached hydrogen (secondary N) is 1. The smallest absolute Gasteiger partial charge is 0.341 e. The summed E-state index contributed by atoms with van der Waals surface area (Å²) in [5, 5.41) is 0.879. The Labute approximate surface area is 104 Å². The molecule has 0 unspecified atom stereocenters. The van der Waals surface area contributed by atoms with Gasteiger partial charge in [-0.15, -0.1) is 0 Å². The number of nitrogens with zero attached hydrogens (tertiary/aromatic N) is 1. The van der Waals surface area contributed by atoms with E-state index < -0.39 is 5.97 Å². The minimum Gasteiger partial charge on any atom is -0.462 e. The van der Waals surface area contributed by atoms with Crippen LogP contribution in [-0.4, -0.2) is 22.5 Å². The molecule has 0 aliphatic rings. The summed E-state index contributed by atoms with van der Waals surface area (Å²) in [5.74, 6) is -0.392. The molecule has 4 nitrogen and oxygen atoms in total. The van der Waals surface area contributed by atoms with Crippen LogP contribution < -0.4 is 0 Å². The predicted octanol–water partition coefficient (Wildman–Crippen LogP) is 2.78. The first-order valence-corrected chi connectivity index (χ1v) is 5.69. The lowest BCUT2D eigenvalue weighted by Crippen LogP contribution is -2.09. The molecule has 88 valence electrons. The minimum absolute atomic E-state index is 0.331. The van der Waals surface area contributed by atoms with E-state index in [2.05, 4.69) is 9.97 Å². The molecule has 2 rings (SSSR count). The number of aromatic amines is 1. The minimum atomic E-state index is -0.392. The number of carbonyl (C=O) groups is 1. The first-order chi connectivity index (χ1) is 8.15. The molecule has 1 N–H and O–H groups in total. The summed E-state index contributed by atoms with van der Waals surface area (Å²) in [4.78, 5) is 18.9. The zero-order valence-corrected chi connectivity index (χ0v) is 10.4. The molecule has 17 heavy (non-hydrogen) atoms. The van der Waals surface area contributed by atoms with Crippen molar-refractivity contribution < 1.29 is 9.53 Å². The monoisotopic (exact) mass is 248 g/mol. The third kappa shape index (κ3) is 2.06. The summed E-state index contributed by atoms with van der Waals surface area (Å²) < 4.78 is 5.39. The van der Waals surface area contributed by atoms with E-state index in [0.717, 1.165) is 16.5 Å². The van der Waals surface area contributed by atoms with E-state index in [1.807, 2.05) is 13.0 Å². The van der Waals surface area contributed by atoms with Crippen molar-refractivity contribution in [3.05, 3.63) is 34.2 Å². The first kappa shape index (κ1) is 11.7. The number of H-pyrrole nitrogens is 1. The van der Waals surface area contributed by atoms with E-state index in [4.69, 9.17) is 17.0 Å². The van der Waals surface area contributed by atoms with E-state index in [0.29, 0.717) is 16.8 Å². The van der Waals surface area contributed by atoms with Gasteiger partial charge in [0.2, 0.25) is 0 Å². The molecule has 2 heterocycles. The van der Waals surface area contributed by atoms with E-state index >= 15 is 0 Å². The molecule has 0 bridgehead atoms. The van der Waals surface area contributed by atoms with Crippen molar-refractivity contribution in [2.75, 3.05) is 6.61 Å². The van der Waals surface area contributed by atoms with Crippen LogP contribution in [0.15, 0.2) is 18.5 Å². The van der Waals surface area contributed by atoms with Crippen LogP contribution >= 0.6 is 12.2 Å². The SMILES string of the molecule is CCOC(=O)c1c(C)c2cnccc2[nH]c1=S. The van der Waals surface area contributed by atoms with Crippen LogP contribution in [-0.2, 0) is 4.74 Å². The number of hydrogen-bond donors (Lipinski definition) is 1. The number of ether oxygens (including phenoxy) is 1. The molecule has 0 aliphatic heterocycles. The molecule has 0 amide bonds. The molecule has 0 spiro atoms. The van der Waals surface area contributed by atoms with Gasteiger partial charge in [0.05, 0.1) is 12.2 Å². The van der Waals surface area contributed by atoms with Crippen molar-refractivity contribution in [1.82, 2.24) is 9.97 Å². The summed E-state index contributed by atoms with van der Waals surface area (Å²) in [5.41, 5.74) is 2.09. The van der Waals surface area contributed by atoms with Crippen LogP contribution in [0.25, 0.3) is 10.9 Å². The molecule has 2 aromatic rings. The highest BCUT2D eigenvalue weighted by molar-refractivity contribution is 7.71. The number of pyridine rings is 2. The van der Waals surface area contributed by atoms with Crippen LogP contribution in [0.2, 0.25) is 0 Å². The van der Waals surface area contributed by atoms with Crippen molar-refractivity contribution in [2.24, 2.45) is 0 Å². The average molecular weight is 248 g/mol. The van der Waals surface area contributed by atoms with Gasteiger partial charge in [-0.3, -0.25) is 4.98 Å². The van der Waals surface area contributed by atoms with Gasteiger partial charge < -0.3 is 9.72 Å². The zero-order chi connectivity index (χ0) is 12.4. The highest BCUT2D eigenvalue weighted by Gasteiger charge is 2.15. The fraction of sp³-hybridized carbons (Fsp3) is 0.250. The van der Waals surface area contributed by atoms with Gasteiger partial charge in [-0.05, 0) is 25.5 Å². The summed E-state index contributed by atoms with van der Waals surface area (Å²) in [7, 11) is 0. The maximum Gasteiger partial charge on any atom is 0.341 e. The van der Waals surface area contributed by atoms with E-state index in [-0.39, 0.29) is 0 Å². The fourth-order valence-corrected chi connectivity index (χ4v) is 2.09. The van der Waals surface area contributed by atoms with Gasteiger partial charge in [0.1, 0.15) is 4.64 Å². The van der Waals surface area contributed by atoms with Crippen molar-refractivity contribution in [2.45, 2.75) is 13.8 Å². The molecule has 0 fully saturated rings. The standard InChI is InChI=1S/C12H12N2O2S/c1-3-16-12(15)10-7(2)8-6-13-5-4-9(8)14-11(10)17/h4-6H,3H2,1-2H3,(H,14,17). The number of fused-ring (bicyclic) bond motifs is 1. The molecular weight excluding hydrogens is 236 g/mol. The average Bonchev–Trinajstić information content (AvgIpc) is 2.29. The highest BCUT2D eigenvalue weighted by Crippen LogP contribution is 2.20. The lowest BCUT2D eigenvalue weighted by molar-refractivity contribution is 0.0524. The normalized spacial score (nSPS) is 10.5. The Hall–Kier alpha value is -1.75.